The number of fused-ring (bicyclic) bond motifs is 2. The van der Waals surface area contributed by atoms with E-state index in [1.54, 1.807) is 22.7 Å². The van der Waals surface area contributed by atoms with Gasteiger partial charge in [0.15, 0.2) is 5.65 Å². The van der Waals surface area contributed by atoms with E-state index in [1.165, 1.54) is 6.20 Å². The quantitative estimate of drug-likeness (QED) is 0.537. The van der Waals surface area contributed by atoms with E-state index in [4.69, 9.17) is 0 Å². The van der Waals surface area contributed by atoms with Crippen LogP contribution < -0.4 is 10.9 Å². The smallest absolute Gasteiger partial charge is 0.272 e. The number of nitriles is 1. The fourth-order valence-electron chi connectivity index (χ4n) is 4.48. The Morgan fingerprint density at radius 3 is 2.68 bits per heavy atom. The molecule has 1 fully saturated rings. The van der Waals surface area contributed by atoms with Crippen LogP contribution in [0.2, 0.25) is 0 Å². The van der Waals surface area contributed by atoms with Gasteiger partial charge in [0.2, 0.25) is 0 Å². The van der Waals surface area contributed by atoms with Crippen molar-refractivity contribution in [3.63, 3.8) is 0 Å². The summed E-state index contributed by atoms with van der Waals surface area (Å²) in [6, 6.07) is 13.1. The number of pyridine rings is 1. The van der Waals surface area contributed by atoms with E-state index in [9.17, 15) is 14.9 Å². The molecule has 31 heavy (non-hydrogen) atoms. The van der Waals surface area contributed by atoms with E-state index in [0.717, 1.165) is 36.8 Å². The maximum Gasteiger partial charge on any atom is 0.272 e. The predicted molar refractivity (Wildman–Crippen MR) is 115 cm³/mol. The van der Waals surface area contributed by atoms with Gasteiger partial charge in [-0.1, -0.05) is 18.2 Å². The molecule has 0 atom stereocenters. The minimum Gasteiger partial charge on any atom is -0.348 e. The van der Waals surface area contributed by atoms with Crippen molar-refractivity contribution in [3.05, 3.63) is 76.1 Å². The molecule has 3 aromatic heterocycles. The van der Waals surface area contributed by atoms with Crippen LogP contribution in [0.3, 0.4) is 0 Å². The number of hydrogen-bond donors (Lipinski definition) is 2. The van der Waals surface area contributed by atoms with Gasteiger partial charge in [-0.15, -0.1) is 0 Å². The zero-order chi connectivity index (χ0) is 21.4. The Morgan fingerprint density at radius 2 is 1.90 bits per heavy atom. The molecule has 8 nitrogen and oxygen atoms in total. The van der Waals surface area contributed by atoms with Gasteiger partial charge in [0.25, 0.3) is 11.5 Å². The van der Waals surface area contributed by atoms with Crippen molar-refractivity contribution in [1.82, 2.24) is 24.9 Å². The molecule has 3 heterocycles. The highest BCUT2D eigenvalue weighted by Crippen LogP contribution is 2.34. The molecule has 0 radical (unpaired) electrons. The fourth-order valence-corrected chi connectivity index (χ4v) is 4.48. The van der Waals surface area contributed by atoms with Crippen LogP contribution in [-0.4, -0.2) is 31.5 Å². The summed E-state index contributed by atoms with van der Waals surface area (Å²) < 4.78 is 1.65. The molecular formula is C23H20N6O2. The van der Waals surface area contributed by atoms with Crippen molar-refractivity contribution in [2.45, 2.75) is 37.6 Å². The molecule has 2 N–H and O–H groups in total. The van der Waals surface area contributed by atoms with Crippen LogP contribution in [0.1, 0.15) is 53.3 Å². The molecule has 0 saturated heterocycles. The van der Waals surface area contributed by atoms with Crippen LogP contribution in [-0.2, 0) is 0 Å². The van der Waals surface area contributed by atoms with Gasteiger partial charge in [0.05, 0.1) is 22.8 Å². The van der Waals surface area contributed by atoms with E-state index in [1.807, 2.05) is 24.3 Å². The molecule has 0 unspecified atom stereocenters. The summed E-state index contributed by atoms with van der Waals surface area (Å²) in [6.07, 6.45) is 6.65. The lowest BCUT2D eigenvalue weighted by Crippen LogP contribution is -2.38. The zero-order valence-electron chi connectivity index (χ0n) is 16.7. The molecule has 0 spiro atoms. The first-order valence-corrected chi connectivity index (χ1v) is 10.3. The summed E-state index contributed by atoms with van der Waals surface area (Å²) >= 11 is 0. The van der Waals surface area contributed by atoms with E-state index in [0.29, 0.717) is 22.3 Å². The molecule has 4 aromatic rings. The Hall–Kier alpha value is -3.99. The van der Waals surface area contributed by atoms with Crippen molar-refractivity contribution in [3.8, 4) is 6.07 Å². The minimum atomic E-state index is -0.196. The molecule has 1 aromatic carbocycles. The number of hydrogen-bond acceptors (Lipinski definition) is 5. The van der Waals surface area contributed by atoms with Gasteiger partial charge in [0, 0.05) is 23.5 Å². The number of nitrogens with one attached hydrogen (secondary N) is 2. The highest BCUT2D eigenvalue weighted by atomic mass is 16.2. The van der Waals surface area contributed by atoms with Crippen LogP contribution >= 0.6 is 0 Å². The molecule has 8 heteroatoms. The van der Waals surface area contributed by atoms with Crippen LogP contribution in [0.25, 0.3) is 16.4 Å². The van der Waals surface area contributed by atoms with Gasteiger partial charge in [0.1, 0.15) is 11.8 Å². The normalized spacial score (nSPS) is 18.7. The average Bonchev–Trinajstić information content (AvgIpc) is 3.25. The van der Waals surface area contributed by atoms with Gasteiger partial charge >= 0.3 is 0 Å². The molecule has 1 saturated carbocycles. The van der Waals surface area contributed by atoms with Crippen LogP contribution in [0.5, 0.6) is 0 Å². The number of rotatable bonds is 3. The second-order valence-corrected chi connectivity index (χ2v) is 7.88. The number of amides is 1. The molecular weight excluding hydrogens is 392 g/mol. The van der Waals surface area contributed by atoms with Crippen LogP contribution in [0.4, 0.5) is 0 Å². The highest BCUT2D eigenvalue weighted by Gasteiger charge is 2.27. The summed E-state index contributed by atoms with van der Waals surface area (Å²) in [5, 5.41) is 20.8. The van der Waals surface area contributed by atoms with Crippen LogP contribution in [0.15, 0.2) is 53.6 Å². The first kappa shape index (κ1) is 19.0. The summed E-state index contributed by atoms with van der Waals surface area (Å²) in [5.41, 5.74) is 2.08. The molecule has 0 bridgehead atoms. The third kappa shape index (κ3) is 3.34. The van der Waals surface area contributed by atoms with E-state index < -0.39 is 0 Å². The second-order valence-electron chi connectivity index (χ2n) is 7.88. The Labute approximate surface area is 177 Å². The van der Waals surface area contributed by atoms with Gasteiger partial charge in [-0.25, -0.2) is 10.1 Å². The summed E-state index contributed by atoms with van der Waals surface area (Å²) in [6.45, 7) is 0. The average molecular weight is 412 g/mol. The number of nitrogens with zero attached hydrogens (tertiary/aromatic N) is 4. The molecule has 1 aliphatic rings. The summed E-state index contributed by atoms with van der Waals surface area (Å²) in [5.74, 6) is 0.0440. The standard InChI is InChI=1S/C23H20N6O2/c24-12-15-4-3-11-29-19(13-25-21(15)29)23(31)26-16-9-7-14(8-10-16)20-17-5-1-2-6-18(17)22(30)28-27-20/h1-6,11,13-14,16H,7-10H2,(H,26,31)(H,28,30). The SMILES string of the molecule is N#Cc1cccn2c(C(=O)NC3CCC(c4n[nH]c(=O)c5ccccc45)CC3)cnc12. The Morgan fingerprint density at radius 1 is 1.13 bits per heavy atom. The number of H-pyrrole nitrogens is 1. The third-order valence-electron chi connectivity index (χ3n) is 6.06. The van der Waals surface area contributed by atoms with Gasteiger partial charge in [-0.2, -0.15) is 10.4 Å². The number of aromatic amines is 1. The van der Waals surface area contributed by atoms with Gasteiger partial charge < -0.3 is 5.32 Å². The Bertz CT molecular complexity index is 1390. The molecule has 154 valence electrons. The molecule has 1 amide bonds. The summed E-state index contributed by atoms with van der Waals surface area (Å²) in [4.78, 5) is 29.1. The Balaban J connectivity index is 1.30. The lowest BCUT2D eigenvalue weighted by Gasteiger charge is -2.29. The summed E-state index contributed by atoms with van der Waals surface area (Å²) in [7, 11) is 0. The van der Waals surface area contributed by atoms with Crippen molar-refractivity contribution in [1.29, 1.82) is 5.26 Å². The number of aromatic nitrogens is 4. The van der Waals surface area contributed by atoms with Gasteiger partial charge in [-0.05, 0) is 43.9 Å². The maximum atomic E-state index is 12.8. The van der Waals surface area contributed by atoms with E-state index in [2.05, 4.69) is 26.6 Å². The third-order valence-corrected chi connectivity index (χ3v) is 6.06. The highest BCUT2D eigenvalue weighted by molar-refractivity contribution is 5.93. The fraction of sp³-hybridized carbons (Fsp3) is 0.261. The lowest BCUT2D eigenvalue weighted by molar-refractivity contribution is 0.0919. The van der Waals surface area contributed by atoms with Crippen LogP contribution in [0, 0.1) is 11.3 Å². The number of imidazole rings is 1. The largest absolute Gasteiger partial charge is 0.348 e. The molecule has 1 aliphatic carbocycles. The zero-order valence-corrected chi connectivity index (χ0v) is 16.7. The van der Waals surface area contributed by atoms with E-state index >= 15 is 0 Å². The molecule has 0 aliphatic heterocycles. The number of benzene rings is 1. The topological polar surface area (TPSA) is 116 Å². The van der Waals surface area contributed by atoms with E-state index in [-0.39, 0.29) is 23.4 Å². The van der Waals surface area contributed by atoms with Crippen molar-refractivity contribution in [2.24, 2.45) is 0 Å². The molecule has 5 rings (SSSR count). The predicted octanol–water partition coefficient (Wildman–Crippen LogP) is 2.90. The Kier molecular flexibility index (Phi) is 4.71. The first-order valence-electron chi connectivity index (χ1n) is 10.3. The van der Waals surface area contributed by atoms with Crippen molar-refractivity contribution in [2.75, 3.05) is 0 Å². The second kappa shape index (κ2) is 7.69. The van der Waals surface area contributed by atoms with Crippen molar-refractivity contribution >= 4 is 22.3 Å². The lowest BCUT2D eigenvalue weighted by atomic mass is 9.82. The van der Waals surface area contributed by atoms with Crippen molar-refractivity contribution < 1.29 is 4.79 Å². The first-order chi connectivity index (χ1) is 15.2. The maximum absolute atomic E-state index is 12.8. The number of carbonyl (C=O) groups excluding carboxylic acids is 1. The monoisotopic (exact) mass is 412 g/mol. The van der Waals surface area contributed by atoms with Gasteiger partial charge in [-0.3, -0.25) is 14.0 Å². The number of carbonyl (C=O) groups is 1. The minimum absolute atomic E-state index is 0.0578.